The Bertz CT molecular complexity index is 299. The van der Waals surface area contributed by atoms with Crippen LogP contribution in [0.15, 0.2) is 17.5 Å². The van der Waals surface area contributed by atoms with Crippen LogP contribution >= 0.6 is 11.3 Å². The molecule has 3 atom stereocenters. The van der Waals surface area contributed by atoms with Crippen LogP contribution in [-0.2, 0) is 11.2 Å². The zero-order valence-corrected chi connectivity index (χ0v) is 10.9. The first-order valence-corrected chi connectivity index (χ1v) is 7.02. The van der Waals surface area contributed by atoms with Gasteiger partial charge in [-0.25, -0.2) is 0 Å². The highest BCUT2D eigenvalue weighted by Crippen LogP contribution is 2.24. The lowest BCUT2D eigenvalue weighted by Gasteiger charge is -2.22. The molecule has 90 valence electrons. The van der Waals surface area contributed by atoms with Crippen LogP contribution in [0.2, 0.25) is 0 Å². The quantitative estimate of drug-likeness (QED) is 0.853. The van der Waals surface area contributed by atoms with E-state index >= 15 is 0 Å². The molecule has 0 saturated carbocycles. The molecule has 1 aliphatic rings. The van der Waals surface area contributed by atoms with E-state index in [9.17, 15) is 0 Å². The van der Waals surface area contributed by atoms with E-state index in [-0.39, 0.29) is 0 Å². The zero-order valence-electron chi connectivity index (χ0n) is 10.1. The predicted octanol–water partition coefficient (Wildman–Crippen LogP) is 2.84. The van der Waals surface area contributed by atoms with Crippen molar-refractivity contribution in [3.05, 3.63) is 22.4 Å². The van der Waals surface area contributed by atoms with Crippen molar-refractivity contribution in [2.24, 2.45) is 0 Å². The van der Waals surface area contributed by atoms with Crippen molar-refractivity contribution in [2.75, 3.05) is 7.05 Å². The number of hydrogen-bond donors (Lipinski definition) is 1. The molecule has 2 heterocycles. The Morgan fingerprint density at radius 1 is 1.56 bits per heavy atom. The van der Waals surface area contributed by atoms with Gasteiger partial charge in [0.25, 0.3) is 0 Å². The molecule has 1 fully saturated rings. The standard InChI is InChI=1S/C13H21NOS/c1-10-5-8-13(15-10)12(14-2)7-6-11-4-3-9-16-11/h3-4,9-10,12-14H,5-8H2,1-2H3. The van der Waals surface area contributed by atoms with Crippen molar-refractivity contribution in [2.45, 2.75) is 50.9 Å². The molecule has 1 N–H and O–H groups in total. The van der Waals surface area contributed by atoms with Gasteiger partial charge < -0.3 is 10.1 Å². The van der Waals surface area contributed by atoms with Gasteiger partial charge in [-0.2, -0.15) is 0 Å². The molecule has 2 rings (SSSR count). The maximum Gasteiger partial charge on any atom is 0.0732 e. The summed E-state index contributed by atoms with van der Waals surface area (Å²) in [6.45, 7) is 2.17. The first kappa shape index (κ1) is 12.1. The molecule has 0 amide bonds. The second kappa shape index (κ2) is 5.80. The summed E-state index contributed by atoms with van der Waals surface area (Å²) in [6.07, 6.45) is 5.62. The fraction of sp³-hybridized carbons (Fsp3) is 0.692. The number of rotatable bonds is 5. The van der Waals surface area contributed by atoms with Crippen molar-refractivity contribution >= 4 is 11.3 Å². The van der Waals surface area contributed by atoms with Crippen LogP contribution in [0.3, 0.4) is 0 Å². The third kappa shape index (κ3) is 3.06. The molecular formula is C13H21NOS. The molecule has 16 heavy (non-hydrogen) atoms. The van der Waals surface area contributed by atoms with Crippen LogP contribution < -0.4 is 5.32 Å². The van der Waals surface area contributed by atoms with Gasteiger partial charge in [-0.1, -0.05) is 6.07 Å². The number of aryl methyl sites for hydroxylation is 1. The number of nitrogens with one attached hydrogen (secondary N) is 1. The molecule has 1 saturated heterocycles. The lowest BCUT2D eigenvalue weighted by atomic mass is 10.0. The Morgan fingerprint density at radius 3 is 3.00 bits per heavy atom. The first-order valence-electron chi connectivity index (χ1n) is 6.14. The summed E-state index contributed by atoms with van der Waals surface area (Å²) in [5.74, 6) is 0. The molecule has 0 aromatic carbocycles. The summed E-state index contributed by atoms with van der Waals surface area (Å²) in [5, 5.41) is 5.56. The predicted molar refractivity (Wildman–Crippen MR) is 69.1 cm³/mol. The Kier molecular flexibility index (Phi) is 4.38. The van der Waals surface area contributed by atoms with E-state index in [1.807, 2.05) is 18.4 Å². The molecule has 0 bridgehead atoms. The van der Waals surface area contributed by atoms with Crippen LogP contribution in [0.5, 0.6) is 0 Å². The monoisotopic (exact) mass is 239 g/mol. The van der Waals surface area contributed by atoms with Gasteiger partial charge in [-0.15, -0.1) is 11.3 Å². The molecule has 2 nitrogen and oxygen atoms in total. The molecule has 1 aromatic rings. The normalized spacial score (nSPS) is 27.1. The number of thiophene rings is 1. The topological polar surface area (TPSA) is 21.3 Å². The second-order valence-electron chi connectivity index (χ2n) is 4.58. The van der Waals surface area contributed by atoms with Crippen LogP contribution in [0.4, 0.5) is 0 Å². The van der Waals surface area contributed by atoms with Crippen LogP contribution in [0.25, 0.3) is 0 Å². The Hall–Kier alpha value is -0.380. The Morgan fingerprint density at radius 2 is 2.44 bits per heavy atom. The van der Waals surface area contributed by atoms with Gasteiger partial charge in [0.1, 0.15) is 0 Å². The van der Waals surface area contributed by atoms with E-state index in [0.29, 0.717) is 18.2 Å². The summed E-state index contributed by atoms with van der Waals surface area (Å²) in [4.78, 5) is 1.48. The van der Waals surface area contributed by atoms with Crippen LogP contribution in [-0.4, -0.2) is 25.3 Å². The average Bonchev–Trinajstić information content (AvgIpc) is 2.91. The summed E-state index contributed by atoms with van der Waals surface area (Å²) in [6, 6.07) is 4.85. The van der Waals surface area contributed by atoms with Gasteiger partial charge in [0.05, 0.1) is 12.2 Å². The Balaban J connectivity index is 1.81. The van der Waals surface area contributed by atoms with E-state index in [0.717, 1.165) is 6.42 Å². The van der Waals surface area contributed by atoms with Crippen LogP contribution in [0.1, 0.15) is 31.1 Å². The summed E-state index contributed by atoms with van der Waals surface area (Å²) in [5.41, 5.74) is 0. The van der Waals surface area contributed by atoms with Crippen molar-refractivity contribution < 1.29 is 4.74 Å². The fourth-order valence-electron chi connectivity index (χ4n) is 2.40. The van der Waals surface area contributed by atoms with E-state index in [4.69, 9.17) is 4.74 Å². The van der Waals surface area contributed by atoms with Gasteiger partial charge in [-0.05, 0) is 51.1 Å². The van der Waals surface area contributed by atoms with Gasteiger partial charge in [0.2, 0.25) is 0 Å². The van der Waals surface area contributed by atoms with Gasteiger partial charge >= 0.3 is 0 Å². The third-order valence-electron chi connectivity index (χ3n) is 3.37. The molecule has 0 aliphatic carbocycles. The largest absolute Gasteiger partial charge is 0.374 e. The highest BCUT2D eigenvalue weighted by Gasteiger charge is 2.28. The molecule has 1 aliphatic heterocycles. The lowest BCUT2D eigenvalue weighted by Crippen LogP contribution is -2.38. The minimum atomic E-state index is 0.417. The van der Waals surface area contributed by atoms with E-state index < -0.39 is 0 Å². The SMILES string of the molecule is CNC(CCc1cccs1)C1CCC(C)O1. The van der Waals surface area contributed by atoms with Crippen molar-refractivity contribution in [3.8, 4) is 0 Å². The Labute approximate surface area is 102 Å². The average molecular weight is 239 g/mol. The smallest absolute Gasteiger partial charge is 0.0732 e. The zero-order chi connectivity index (χ0) is 11.4. The van der Waals surface area contributed by atoms with Gasteiger partial charge in [0.15, 0.2) is 0 Å². The third-order valence-corrected chi connectivity index (χ3v) is 4.30. The highest BCUT2D eigenvalue weighted by atomic mass is 32.1. The second-order valence-corrected chi connectivity index (χ2v) is 5.61. The maximum absolute atomic E-state index is 5.93. The molecule has 1 aromatic heterocycles. The number of ether oxygens (including phenoxy) is 1. The van der Waals surface area contributed by atoms with E-state index in [2.05, 4.69) is 29.8 Å². The van der Waals surface area contributed by atoms with Gasteiger partial charge in [-0.3, -0.25) is 0 Å². The molecule has 3 heteroatoms. The summed E-state index contributed by atoms with van der Waals surface area (Å²) >= 11 is 1.85. The minimum Gasteiger partial charge on any atom is -0.374 e. The number of likely N-dealkylation sites (N-methyl/N-ethyl adjacent to an activating group) is 1. The molecule has 3 unspecified atom stereocenters. The van der Waals surface area contributed by atoms with Crippen molar-refractivity contribution in [1.82, 2.24) is 5.32 Å². The van der Waals surface area contributed by atoms with E-state index in [1.54, 1.807) is 0 Å². The van der Waals surface area contributed by atoms with E-state index in [1.165, 1.54) is 24.1 Å². The van der Waals surface area contributed by atoms with Crippen molar-refractivity contribution in [1.29, 1.82) is 0 Å². The molecular weight excluding hydrogens is 218 g/mol. The number of hydrogen-bond acceptors (Lipinski definition) is 3. The first-order chi connectivity index (χ1) is 7.79. The van der Waals surface area contributed by atoms with Crippen molar-refractivity contribution in [3.63, 3.8) is 0 Å². The summed E-state index contributed by atoms with van der Waals surface area (Å²) < 4.78 is 5.93. The fourth-order valence-corrected chi connectivity index (χ4v) is 3.12. The lowest BCUT2D eigenvalue weighted by molar-refractivity contribution is 0.0319. The minimum absolute atomic E-state index is 0.417. The highest BCUT2D eigenvalue weighted by molar-refractivity contribution is 7.09. The molecule has 0 radical (unpaired) electrons. The van der Waals surface area contributed by atoms with Crippen LogP contribution in [0, 0.1) is 0 Å². The molecule has 0 spiro atoms. The maximum atomic E-state index is 5.93. The van der Waals surface area contributed by atoms with Gasteiger partial charge in [0, 0.05) is 10.9 Å². The summed E-state index contributed by atoms with van der Waals surface area (Å²) in [7, 11) is 2.05.